The molecule has 0 saturated heterocycles. The molecule has 33 heavy (non-hydrogen) atoms. The highest BCUT2D eigenvalue weighted by atomic mass is 16.6. The predicted molar refractivity (Wildman–Crippen MR) is 123 cm³/mol. The lowest BCUT2D eigenvalue weighted by Crippen LogP contribution is -2.25. The van der Waals surface area contributed by atoms with Crippen LogP contribution in [0, 0.1) is 20.8 Å². The monoisotopic (exact) mass is 450 g/mol. The van der Waals surface area contributed by atoms with E-state index in [9.17, 15) is 9.59 Å². The molecule has 2 aromatic carbocycles. The van der Waals surface area contributed by atoms with Crippen LogP contribution >= 0.6 is 0 Å². The molecule has 0 bridgehead atoms. The number of hydrogen-bond donors (Lipinski definition) is 1. The maximum Gasteiger partial charge on any atom is 0.379 e. The Labute approximate surface area is 192 Å². The van der Waals surface area contributed by atoms with Crippen LogP contribution in [0.5, 0.6) is 17.2 Å². The van der Waals surface area contributed by atoms with Gasteiger partial charge in [-0.25, -0.2) is 10.2 Å². The molecule has 3 rings (SSSR count). The van der Waals surface area contributed by atoms with Crippen LogP contribution in [0.3, 0.4) is 0 Å². The van der Waals surface area contributed by atoms with Gasteiger partial charge >= 0.3 is 5.97 Å². The first-order chi connectivity index (χ1) is 15.9. The highest BCUT2D eigenvalue weighted by Gasteiger charge is 2.15. The van der Waals surface area contributed by atoms with Gasteiger partial charge in [0.1, 0.15) is 5.75 Å². The summed E-state index contributed by atoms with van der Waals surface area (Å²) in [6.45, 7) is 7.91. The number of carbonyl (C=O) groups is 2. The summed E-state index contributed by atoms with van der Waals surface area (Å²) in [5, 5.41) is 3.97. The van der Waals surface area contributed by atoms with Gasteiger partial charge in [0.15, 0.2) is 18.1 Å². The quantitative estimate of drug-likeness (QED) is 0.225. The fourth-order valence-corrected chi connectivity index (χ4v) is 3.00. The van der Waals surface area contributed by atoms with E-state index < -0.39 is 5.97 Å². The molecule has 0 unspecified atom stereocenters. The molecule has 172 valence electrons. The van der Waals surface area contributed by atoms with Crippen molar-refractivity contribution in [1.82, 2.24) is 5.43 Å². The summed E-state index contributed by atoms with van der Waals surface area (Å²) in [7, 11) is 0. The van der Waals surface area contributed by atoms with Crippen molar-refractivity contribution in [2.24, 2.45) is 5.10 Å². The Hall–Kier alpha value is -4.07. The first-order valence-corrected chi connectivity index (χ1v) is 10.4. The maximum atomic E-state index is 12.1. The molecule has 1 heterocycles. The zero-order valence-corrected chi connectivity index (χ0v) is 19.0. The zero-order chi connectivity index (χ0) is 23.8. The van der Waals surface area contributed by atoms with Crippen molar-refractivity contribution in [3.63, 3.8) is 0 Å². The number of esters is 1. The van der Waals surface area contributed by atoms with Gasteiger partial charge in [-0.3, -0.25) is 4.79 Å². The number of furan rings is 1. The molecule has 0 atom stereocenters. The molecule has 0 aliphatic rings. The molecular weight excluding hydrogens is 424 g/mol. The smallest absolute Gasteiger partial charge is 0.379 e. The van der Waals surface area contributed by atoms with E-state index in [0.717, 1.165) is 16.7 Å². The van der Waals surface area contributed by atoms with Crippen LogP contribution in [0.4, 0.5) is 0 Å². The van der Waals surface area contributed by atoms with Gasteiger partial charge in [-0.1, -0.05) is 12.1 Å². The van der Waals surface area contributed by atoms with Crippen molar-refractivity contribution in [3.05, 3.63) is 76.7 Å². The fraction of sp³-hybridized carbons (Fsp3) is 0.240. The molecule has 8 nitrogen and oxygen atoms in total. The molecular formula is C25H26N2O6. The lowest BCUT2D eigenvalue weighted by atomic mass is 10.1. The molecule has 3 aromatic rings. The molecule has 0 saturated carbocycles. The zero-order valence-electron chi connectivity index (χ0n) is 19.0. The second-order valence-corrected chi connectivity index (χ2v) is 7.24. The molecule has 1 aromatic heterocycles. The van der Waals surface area contributed by atoms with Crippen molar-refractivity contribution in [1.29, 1.82) is 0 Å². The van der Waals surface area contributed by atoms with Gasteiger partial charge in [0.2, 0.25) is 5.76 Å². The van der Waals surface area contributed by atoms with Gasteiger partial charge < -0.3 is 18.6 Å². The molecule has 0 aliphatic carbocycles. The van der Waals surface area contributed by atoms with Crippen LogP contribution in [-0.2, 0) is 4.79 Å². The van der Waals surface area contributed by atoms with E-state index >= 15 is 0 Å². The minimum Gasteiger partial charge on any atom is -0.490 e. The summed E-state index contributed by atoms with van der Waals surface area (Å²) < 4.78 is 21.7. The minimum absolute atomic E-state index is 0.0871. The Morgan fingerprint density at radius 3 is 2.55 bits per heavy atom. The number of benzene rings is 2. The summed E-state index contributed by atoms with van der Waals surface area (Å²) in [6, 6.07) is 12.0. The molecule has 1 amide bonds. The fourth-order valence-electron chi connectivity index (χ4n) is 3.00. The lowest BCUT2D eigenvalue weighted by Gasteiger charge is -2.13. The molecule has 0 aliphatic heterocycles. The third kappa shape index (κ3) is 6.22. The summed E-state index contributed by atoms with van der Waals surface area (Å²) in [5.41, 5.74) is 6.14. The van der Waals surface area contributed by atoms with E-state index in [0.29, 0.717) is 23.7 Å². The third-order valence-corrected chi connectivity index (χ3v) is 4.82. The third-order valence-electron chi connectivity index (χ3n) is 4.82. The molecule has 0 fully saturated rings. The lowest BCUT2D eigenvalue weighted by molar-refractivity contribution is -0.123. The predicted octanol–water partition coefficient (Wildman–Crippen LogP) is 4.35. The summed E-state index contributed by atoms with van der Waals surface area (Å²) in [6.07, 6.45) is 2.85. The summed E-state index contributed by atoms with van der Waals surface area (Å²) in [5.74, 6) is 0.381. The topological polar surface area (TPSA) is 99.4 Å². The number of amides is 1. The number of hydrogen-bond acceptors (Lipinski definition) is 7. The first kappa shape index (κ1) is 23.6. The van der Waals surface area contributed by atoms with Crippen molar-refractivity contribution >= 4 is 18.1 Å². The van der Waals surface area contributed by atoms with Gasteiger partial charge in [0.25, 0.3) is 5.91 Å². The van der Waals surface area contributed by atoms with E-state index in [1.54, 1.807) is 24.3 Å². The van der Waals surface area contributed by atoms with Gasteiger partial charge in [0.05, 0.1) is 19.1 Å². The number of rotatable bonds is 9. The molecule has 8 heteroatoms. The molecule has 1 N–H and O–H groups in total. The summed E-state index contributed by atoms with van der Waals surface area (Å²) in [4.78, 5) is 24.3. The van der Waals surface area contributed by atoms with Gasteiger partial charge in [-0.05, 0) is 80.3 Å². The Morgan fingerprint density at radius 1 is 1.03 bits per heavy atom. The molecule has 0 radical (unpaired) electrons. The van der Waals surface area contributed by atoms with E-state index in [-0.39, 0.29) is 24.0 Å². The van der Waals surface area contributed by atoms with Crippen molar-refractivity contribution in [2.45, 2.75) is 27.7 Å². The van der Waals surface area contributed by atoms with Crippen LogP contribution in [0.15, 0.2) is 58.2 Å². The maximum absolute atomic E-state index is 12.1. The van der Waals surface area contributed by atoms with Gasteiger partial charge in [-0.2, -0.15) is 5.10 Å². The van der Waals surface area contributed by atoms with Crippen LogP contribution in [-0.4, -0.2) is 31.3 Å². The van der Waals surface area contributed by atoms with Crippen molar-refractivity contribution < 1.29 is 28.2 Å². The number of ether oxygens (including phenoxy) is 3. The number of aryl methyl sites for hydroxylation is 2. The van der Waals surface area contributed by atoms with E-state index in [1.807, 2.05) is 39.8 Å². The highest BCUT2D eigenvalue weighted by molar-refractivity contribution is 5.89. The van der Waals surface area contributed by atoms with Crippen molar-refractivity contribution in [3.8, 4) is 17.2 Å². The number of nitrogens with one attached hydrogen (secondary N) is 1. The van der Waals surface area contributed by atoms with Crippen LogP contribution in [0.2, 0.25) is 0 Å². The van der Waals surface area contributed by atoms with E-state index in [4.69, 9.17) is 18.6 Å². The second-order valence-electron chi connectivity index (χ2n) is 7.24. The Balaban J connectivity index is 1.60. The first-order valence-electron chi connectivity index (χ1n) is 10.4. The van der Waals surface area contributed by atoms with Gasteiger partial charge in [-0.15, -0.1) is 0 Å². The average molecular weight is 450 g/mol. The SMILES string of the molecule is CCOc1cc(/C=N/NC(=O)COc2c(C)ccc(C)c2C)ccc1OC(=O)c1ccco1. The Bertz CT molecular complexity index is 1150. The average Bonchev–Trinajstić information content (AvgIpc) is 3.33. The Kier molecular flexibility index (Phi) is 7.86. The number of hydrazone groups is 1. The Morgan fingerprint density at radius 2 is 1.82 bits per heavy atom. The standard InChI is InChI=1S/C25H26N2O6/c1-5-30-22-13-19(10-11-20(22)33-25(29)21-7-6-12-31-21)14-26-27-23(28)15-32-24-17(3)9-8-16(2)18(24)4/h6-14H,5,15H2,1-4H3,(H,27,28)/b26-14+. The van der Waals surface area contributed by atoms with Crippen LogP contribution in [0.1, 0.15) is 39.7 Å². The minimum atomic E-state index is -0.631. The normalized spacial score (nSPS) is 10.8. The highest BCUT2D eigenvalue weighted by Crippen LogP contribution is 2.29. The number of carbonyl (C=O) groups excluding carboxylic acids is 2. The van der Waals surface area contributed by atoms with Crippen LogP contribution in [0.25, 0.3) is 0 Å². The number of nitrogens with zero attached hydrogens (tertiary/aromatic N) is 1. The molecule has 0 spiro atoms. The second kappa shape index (κ2) is 11.0. The summed E-state index contributed by atoms with van der Waals surface area (Å²) >= 11 is 0. The van der Waals surface area contributed by atoms with Crippen LogP contribution < -0.4 is 19.6 Å². The van der Waals surface area contributed by atoms with Crippen molar-refractivity contribution in [2.75, 3.05) is 13.2 Å². The van der Waals surface area contributed by atoms with Gasteiger partial charge in [0, 0.05) is 0 Å². The van der Waals surface area contributed by atoms with E-state index in [1.165, 1.54) is 18.5 Å². The van der Waals surface area contributed by atoms with E-state index in [2.05, 4.69) is 10.5 Å². The largest absolute Gasteiger partial charge is 0.490 e.